The molecule has 5 heteroatoms. The van der Waals surface area contributed by atoms with Crippen LogP contribution in [0.25, 0.3) is 0 Å². The summed E-state index contributed by atoms with van der Waals surface area (Å²) >= 11 is 0. The summed E-state index contributed by atoms with van der Waals surface area (Å²) in [6, 6.07) is 4.25. The number of carbonyl (C=O) groups excluding carboxylic acids is 1. The van der Waals surface area contributed by atoms with E-state index in [1.807, 2.05) is 12.3 Å². The van der Waals surface area contributed by atoms with Gasteiger partial charge in [0.2, 0.25) is 11.8 Å². The van der Waals surface area contributed by atoms with Crippen molar-refractivity contribution < 1.29 is 9.53 Å². The van der Waals surface area contributed by atoms with Crippen LogP contribution >= 0.6 is 0 Å². The zero-order chi connectivity index (χ0) is 16.1. The van der Waals surface area contributed by atoms with Crippen LogP contribution in [0.5, 0.6) is 5.88 Å². The maximum Gasteiger partial charge on any atom is 0.220 e. The molecule has 2 heterocycles. The van der Waals surface area contributed by atoms with Crippen molar-refractivity contribution in [1.82, 2.24) is 15.2 Å². The number of ether oxygens (including phenoxy) is 1. The van der Waals surface area contributed by atoms with Gasteiger partial charge in [-0.1, -0.05) is 18.9 Å². The molecule has 0 bridgehead atoms. The van der Waals surface area contributed by atoms with E-state index in [0.717, 1.165) is 32.5 Å². The highest BCUT2D eigenvalue weighted by Crippen LogP contribution is 2.27. The molecule has 0 unspecified atom stereocenters. The van der Waals surface area contributed by atoms with Gasteiger partial charge in [0.1, 0.15) is 0 Å². The summed E-state index contributed by atoms with van der Waals surface area (Å²) < 4.78 is 5.08. The van der Waals surface area contributed by atoms with Gasteiger partial charge in [-0.05, 0) is 30.7 Å². The molecular weight excluding hydrogens is 290 g/mol. The average molecular weight is 317 g/mol. The van der Waals surface area contributed by atoms with Gasteiger partial charge in [0, 0.05) is 44.4 Å². The van der Waals surface area contributed by atoms with Gasteiger partial charge in [-0.2, -0.15) is 0 Å². The average Bonchev–Trinajstić information content (AvgIpc) is 3.20. The summed E-state index contributed by atoms with van der Waals surface area (Å²) in [4.78, 5) is 18.8. The Kier molecular flexibility index (Phi) is 5.49. The topological polar surface area (TPSA) is 54.5 Å². The minimum Gasteiger partial charge on any atom is -0.481 e. The normalized spacial score (nSPS) is 22.4. The molecule has 0 spiro atoms. The molecule has 1 saturated carbocycles. The highest BCUT2D eigenvalue weighted by Gasteiger charge is 2.25. The predicted octanol–water partition coefficient (Wildman–Crippen LogP) is 2.36. The lowest BCUT2D eigenvalue weighted by Crippen LogP contribution is -2.37. The summed E-state index contributed by atoms with van der Waals surface area (Å²) in [6.45, 7) is 2.84. The first-order valence-electron chi connectivity index (χ1n) is 8.73. The van der Waals surface area contributed by atoms with Crippen LogP contribution < -0.4 is 10.1 Å². The third kappa shape index (κ3) is 4.67. The second kappa shape index (κ2) is 7.77. The molecule has 1 saturated heterocycles. The Morgan fingerprint density at radius 2 is 2.17 bits per heavy atom. The fourth-order valence-corrected chi connectivity index (χ4v) is 3.74. The van der Waals surface area contributed by atoms with Gasteiger partial charge >= 0.3 is 0 Å². The molecule has 1 aromatic heterocycles. The number of hydrogen-bond acceptors (Lipinski definition) is 4. The van der Waals surface area contributed by atoms with E-state index in [-0.39, 0.29) is 5.91 Å². The lowest BCUT2D eigenvalue weighted by atomic mass is 10.0. The molecule has 5 nitrogen and oxygen atoms in total. The van der Waals surface area contributed by atoms with Crippen LogP contribution in [0, 0.1) is 5.92 Å². The zero-order valence-corrected chi connectivity index (χ0v) is 14.0. The highest BCUT2D eigenvalue weighted by molar-refractivity contribution is 5.76. The fraction of sp³-hybridized carbons (Fsp3) is 0.667. The van der Waals surface area contributed by atoms with Gasteiger partial charge in [-0.3, -0.25) is 9.69 Å². The van der Waals surface area contributed by atoms with Crippen molar-refractivity contribution in [2.45, 2.75) is 51.1 Å². The molecule has 23 heavy (non-hydrogen) atoms. The number of nitrogens with zero attached hydrogens (tertiary/aromatic N) is 2. The molecule has 1 aliphatic carbocycles. The van der Waals surface area contributed by atoms with Crippen molar-refractivity contribution in [2.24, 2.45) is 5.92 Å². The number of amides is 1. The Hall–Kier alpha value is -1.62. The smallest absolute Gasteiger partial charge is 0.220 e. The van der Waals surface area contributed by atoms with Crippen LogP contribution in [0.4, 0.5) is 0 Å². The van der Waals surface area contributed by atoms with E-state index < -0.39 is 0 Å². The lowest BCUT2D eigenvalue weighted by Gasteiger charge is -2.17. The van der Waals surface area contributed by atoms with Crippen molar-refractivity contribution >= 4 is 5.91 Å². The summed E-state index contributed by atoms with van der Waals surface area (Å²) in [6.07, 6.45) is 8.68. The summed E-state index contributed by atoms with van der Waals surface area (Å²) in [7, 11) is 1.63. The quantitative estimate of drug-likeness (QED) is 0.875. The summed E-state index contributed by atoms with van der Waals surface area (Å²) in [5, 5.41) is 3.22. The fourth-order valence-electron chi connectivity index (χ4n) is 3.74. The zero-order valence-electron chi connectivity index (χ0n) is 14.0. The van der Waals surface area contributed by atoms with E-state index in [9.17, 15) is 4.79 Å². The molecule has 2 aliphatic rings. The van der Waals surface area contributed by atoms with Crippen molar-refractivity contribution in [3.8, 4) is 5.88 Å². The summed E-state index contributed by atoms with van der Waals surface area (Å²) in [5.74, 6) is 1.51. The van der Waals surface area contributed by atoms with Crippen molar-refractivity contribution in [3.63, 3.8) is 0 Å². The number of nitrogens with one attached hydrogen (secondary N) is 1. The highest BCUT2D eigenvalue weighted by atomic mass is 16.5. The van der Waals surface area contributed by atoms with Gasteiger partial charge < -0.3 is 10.1 Å². The van der Waals surface area contributed by atoms with Gasteiger partial charge in [0.05, 0.1) is 7.11 Å². The number of hydrogen-bond donors (Lipinski definition) is 1. The van der Waals surface area contributed by atoms with Crippen molar-refractivity contribution in [3.05, 3.63) is 23.9 Å². The van der Waals surface area contributed by atoms with Gasteiger partial charge in [0.15, 0.2) is 0 Å². The van der Waals surface area contributed by atoms with E-state index in [4.69, 9.17) is 4.74 Å². The SMILES string of the molecule is COc1ccc(CN2CC[C@@H](NC(=O)CC3CCCC3)C2)cn1. The van der Waals surface area contributed by atoms with Crippen LogP contribution in [-0.4, -0.2) is 42.0 Å². The van der Waals surface area contributed by atoms with Crippen LogP contribution in [0.15, 0.2) is 18.3 Å². The van der Waals surface area contributed by atoms with Crippen LogP contribution in [0.1, 0.15) is 44.1 Å². The second-order valence-corrected chi connectivity index (χ2v) is 6.85. The van der Waals surface area contributed by atoms with E-state index in [0.29, 0.717) is 17.8 Å². The molecule has 2 fully saturated rings. The molecular formula is C18H27N3O2. The molecule has 3 rings (SSSR count). The number of pyridine rings is 1. The number of carbonyl (C=O) groups is 1. The first kappa shape index (κ1) is 16.2. The minimum atomic E-state index is 0.245. The Morgan fingerprint density at radius 3 is 2.87 bits per heavy atom. The molecule has 1 atom stereocenters. The number of rotatable bonds is 6. The van der Waals surface area contributed by atoms with Crippen LogP contribution in [-0.2, 0) is 11.3 Å². The largest absolute Gasteiger partial charge is 0.481 e. The predicted molar refractivity (Wildman–Crippen MR) is 89.2 cm³/mol. The lowest BCUT2D eigenvalue weighted by molar-refractivity contribution is -0.122. The van der Waals surface area contributed by atoms with Gasteiger partial charge in [-0.25, -0.2) is 4.98 Å². The third-order valence-corrected chi connectivity index (χ3v) is 5.00. The summed E-state index contributed by atoms with van der Waals surface area (Å²) in [5.41, 5.74) is 1.18. The molecule has 0 radical (unpaired) electrons. The third-order valence-electron chi connectivity index (χ3n) is 5.00. The Bertz CT molecular complexity index is 512. The molecule has 1 aromatic rings. The van der Waals surface area contributed by atoms with Crippen molar-refractivity contribution in [2.75, 3.05) is 20.2 Å². The molecule has 1 aliphatic heterocycles. The number of likely N-dealkylation sites (tertiary alicyclic amines) is 1. The maximum absolute atomic E-state index is 12.1. The van der Waals surface area contributed by atoms with E-state index in [1.54, 1.807) is 7.11 Å². The first-order chi connectivity index (χ1) is 11.2. The van der Waals surface area contributed by atoms with Gasteiger partial charge in [0.25, 0.3) is 0 Å². The molecule has 0 aromatic carbocycles. The Labute approximate surface area is 138 Å². The number of methoxy groups -OCH3 is 1. The molecule has 1 amide bonds. The van der Waals surface area contributed by atoms with Crippen LogP contribution in [0.3, 0.4) is 0 Å². The standard InChI is InChI=1S/C18H27N3O2/c1-23-18-7-6-15(11-19-18)12-21-9-8-16(13-21)20-17(22)10-14-4-2-3-5-14/h6-7,11,14,16H,2-5,8-10,12-13H2,1H3,(H,20,22)/t16-/m1/s1. The van der Waals surface area contributed by atoms with E-state index >= 15 is 0 Å². The first-order valence-corrected chi connectivity index (χ1v) is 8.73. The van der Waals surface area contributed by atoms with E-state index in [1.165, 1.54) is 31.2 Å². The number of aromatic nitrogens is 1. The van der Waals surface area contributed by atoms with Crippen LogP contribution in [0.2, 0.25) is 0 Å². The van der Waals surface area contributed by atoms with Crippen molar-refractivity contribution in [1.29, 1.82) is 0 Å². The molecule has 1 N–H and O–H groups in total. The Balaban J connectivity index is 1.41. The van der Waals surface area contributed by atoms with E-state index in [2.05, 4.69) is 21.3 Å². The second-order valence-electron chi connectivity index (χ2n) is 6.85. The Morgan fingerprint density at radius 1 is 1.35 bits per heavy atom. The maximum atomic E-state index is 12.1. The molecule has 126 valence electrons. The monoisotopic (exact) mass is 317 g/mol. The minimum absolute atomic E-state index is 0.245. The van der Waals surface area contributed by atoms with Gasteiger partial charge in [-0.15, -0.1) is 0 Å².